The molecule has 2 unspecified atom stereocenters. The van der Waals surface area contributed by atoms with Crippen LogP contribution >= 0.6 is 0 Å². The Labute approximate surface area is 132 Å². The van der Waals surface area contributed by atoms with Crippen molar-refractivity contribution in [3.8, 4) is 6.07 Å². The third-order valence-electron chi connectivity index (χ3n) is 3.91. The first-order chi connectivity index (χ1) is 10.8. The summed E-state index contributed by atoms with van der Waals surface area (Å²) in [5.41, 5.74) is 1.07. The molecule has 1 heterocycles. The summed E-state index contributed by atoms with van der Waals surface area (Å²) in [4.78, 5) is 12.5. The molecule has 1 saturated heterocycles. The van der Waals surface area contributed by atoms with Gasteiger partial charge in [-0.1, -0.05) is 12.1 Å². The van der Waals surface area contributed by atoms with Crippen LogP contribution in [0.1, 0.15) is 30.9 Å². The van der Waals surface area contributed by atoms with Crippen molar-refractivity contribution in [2.45, 2.75) is 44.6 Å². The van der Waals surface area contributed by atoms with Crippen molar-refractivity contribution in [1.82, 2.24) is 10.2 Å². The smallest absolute Gasteiger partial charge is 0.352 e. The first-order valence-corrected chi connectivity index (χ1v) is 7.36. The number of nitriles is 1. The molecule has 1 aromatic rings. The minimum atomic E-state index is -4.31. The van der Waals surface area contributed by atoms with Crippen molar-refractivity contribution < 1.29 is 18.0 Å². The van der Waals surface area contributed by atoms with Crippen LogP contribution in [0.25, 0.3) is 0 Å². The topological polar surface area (TPSA) is 56.1 Å². The second kappa shape index (κ2) is 7.01. The fourth-order valence-corrected chi connectivity index (χ4v) is 2.97. The molecule has 0 bridgehead atoms. The molecule has 23 heavy (non-hydrogen) atoms. The summed E-state index contributed by atoms with van der Waals surface area (Å²) in [6.45, 7) is 1.59. The summed E-state index contributed by atoms with van der Waals surface area (Å²) < 4.78 is 39.7. The molecule has 2 rings (SSSR count). The predicted molar refractivity (Wildman–Crippen MR) is 78.2 cm³/mol. The molecule has 1 fully saturated rings. The van der Waals surface area contributed by atoms with E-state index in [0.717, 1.165) is 0 Å². The minimum Gasteiger partial charge on any atom is -0.352 e. The first kappa shape index (κ1) is 17.3. The lowest BCUT2D eigenvalue weighted by Gasteiger charge is -2.40. The van der Waals surface area contributed by atoms with Crippen LogP contribution in [0.3, 0.4) is 0 Å². The van der Waals surface area contributed by atoms with Gasteiger partial charge in [0.1, 0.15) is 6.04 Å². The van der Waals surface area contributed by atoms with Crippen LogP contribution in [0, 0.1) is 11.3 Å². The Kier molecular flexibility index (Phi) is 5.26. The molecule has 1 N–H and O–H groups in total. The minimum absolute atomic E-state index is 0.0492. The number of likely N-dealkylation sites (tertiary alicyclic amines) is 1. The van der Waals surface area contributed by atoms with E-state index in [1.165, 1.54) is 11.8 Å². The summed E-state index contributed by atoms with van der Waals surface area (Å²) >= 11 is 0. The Morgan fingerprint density at radius 3 is 2.78 bits per heavy atom. The summed E-state index contributed by atoms with van der Waals surface area (Å²) in [5, 5.41) is 11.6. The SMILES string of the molecule is CC(=O)NC1CCC(C(F)(F)F)N(Cc2cccc(C#N)c2)C1. The molecule has 0 radical (unpaired) electrons. The maximum atomic E-state index is 13.2. The Morgan fingerprint density at radius 2 is 2.17 bits per heavy atom. The monoisotopic (exact) mass is 325 g/mol. The number of nitrogens with one attached hydrogen (secondary N) is 1. The second-order valence-electron chi connectivity index (χ2n) is 5.77. The van der Waals surface area contributed by atoms with Gasteiger partial charge in [-0.05, 0) is 30.5 Å². The van der Waals surface area contributed by atoms with E-state index in [0.29, 0.717) is 17.5 Å². The van der Waals surface area contributed by atoms with Gasteiger partial charge in [0.05, 0.1) is 11.6 Å². The third-order valence-corrected chi connectivity index (χ3v) is 3.91. The van der Waals surface area contributed by atoms with Crippen LogP contribution in [-0.2, 0) is 11.3 Å². The van der Waals surface area contributed by atoms with E-state index in [-0.39, 0.29) is 31.5 Å². The van der Waals surface area contributed by atoms with E-state index in [1.807, 2.05) is 6.07 Å². The highest BCUT2D eigenvalue weighted by atomic mass is 19.4. The molecule has 4 nitrogen and oxygen atoms in total. The zero-order valence-corrected chi connectivity index (χ0v) is 12.7. The molecule has 7 heteroatoms. The molecule has 0 aromatic heterocycles. The first-order valence-electron chi connectivity index (χ1n) is 7.36. The Balaban J connectivity index is 2.17. The van der Waals surface area contributed by atoms with Crippen molar-refractivity contribution in [2.75, 3.05) is 6.54 Å². The van der Waals surface area contributed by atoms with Crippen molar-refractivity contribution in [3.05, 3.63) is 35.4 Å². The van der Waals surface area contributed by atoms with E-state index in [4.69, 9.17) is 5.26 Å². The third kappa shape index (κ3) is 4.70. The Hall–Kier alpha value is -2.07. The molecule has 1 aliphatic rings. The highest BCUT2D eigenvalue weighted by molar-refractivity contribution is 5.73. The highest BCUT2D eigenvalue weighted by Gasteiger charge is 2.46. The van der Waals surface area contributed by atoms with Crippen LogP contribution < -0.4 is 5.32 Å². The molecule has 1 aliphatic heterocycles. The number of carbonyl (C=O) groups excluding carboxylic acids is 1. The number of piperidine rings is 1. The standard InChI is InChI=1S/C16H18F3N3O/c1-11(23)21-14-5-6-15(16(17,18)19)22(10-14)9-13-4-2-3-12(7-13)8-20/h2-4,7,14-15H,5-6,9-10H2,1H3,(H,21,23). The molecular weight excluding hydrogens is 307 g/mol. The summed E-state index contributed by atoms with van der Waals surface area (Å²) in [6, 6.07) is 6.73. The molecular formula is C16H18F3N3O. The van der Waals surface area contributed by atoms with Crippen molar-refractivity contribution in [1.29, 1.82) is 5.26 Å². The molecule has 0 spiro atoms. The zero-order chi connectivity index (χ0) is 17.0. The van der Waals surface area contributed by atoms with Gasteiger partial charge in [0, 0.05) is 26.1 Å². The van der Waals surface area contributed by atoms with Gasteiger partial charge in [-0.2, -0.15) is 18.4 Å². The van der Waals surface area contributed by atoms with Gasteiger partial charge in [0.25, 0.3) is 0 Å². The Morgan fingerprint density at radius 1 is 1.43 bits per heavy atom. The van der Waals surface area contributed by atoms with Gasteiger partial charge in [-0.15, -0.1) is 0 Å². The molecule has 1 aromatic carbocycles. The number of rotatable bonds is 3. The number of hydrogen-bond donors (Lipinski definition) is 1. The molecule has 1 amide bonds. The van der Waals surface area contributed by atoms with Gasteiger partial charge in [0.15, 0.2) is 0 Å². The fraction of sp³-hybridized carbons (Fsp3) is 0.500. The van der Waals surface area contributed by atoms with Crippen LogP contribution in [0.2, 0.25) is 0 Å². The van der Waals surface area contributed by atoms with Gasteiger partial charge in [-0.3, -0.25) is 9.69 Å². The average Bonchev–Trinajstić information content (AvgIpc) is 2.45. The van der Waals surface area contributed by atoms with E-state index >= 15 is 0 Å². The van der Waals surface area contributed by atoms with Gasteiger partial charge < -0.3 is 5.32 Å². The number of alkyl halides is 3. The summed E-state index contributed by atoms with van der Waals surface area (Å²) in [7, 11) is 0. The lowest BCUT2D eigenvalue weighted by Crippen LogP contribution is -2.55. The molecule has 0 aliphatic carbocycles. The second-order valence-corrected chi connectivity index (χ2v) is 5.77. The predicted octanol–water partition coefficient (Wildman–Crippen LogP) is 2.59. The number of halogens is 3. The number of carbonyl (C=O) groups is 1. The maximum Gasteiger partial charge on any atom is 0.404 e. The average molecular weight is 325 g/mol. The van der Waals surface area contributed by atoms with Crippen molar-refractivity contribution in [3.63, 3.8) is 0 Å². The number of nitrogens with zero attached hydrogens (tertiary/aromatic N) is 2. The lowest BCUT2D eigenvalue weighted by molar-refractivity contribution is -0.194. The van der Waals surface area contributed by atoms with Crippen LogP contribution in [0.5, 0.6) is 0 Å². The number of hydrogen-bond acceptors (Lipinski definition) is 3. The molecule has 2 atom stereocenters. The van der Waals surface area contributed by atoms with Gasteiger partial charge in [-0.25, -0.2) is 0 Å². The molecule has 0 saturated carbocycles. The number of amides is 1. The van der Waals surface area contributed by atoms with Gasteiger partial charge >= 0.3 is 6.18 Å². The van der Waals surface area contributed by atoms with E-state index in [2.05, 4.69) is 5.32 Å². The van der Waals surface area contributed by atoms with Gasteiger partial charge in [0.2, 0.25) is 5.91 Å². The van der Waals surface area contributed by atoms with Crippen LogP contribution in [0.4, 0.5) is 13.2 Å². The lowest BCUT2D eigenvalue weighted by atomic mass is 9.96. The maximum absolute atomic E-state index is 13.2. The number of benzene rings is 1. The highest BCUT2D eigenvalue weighted by Crippen LogP contribution is 2.33. The van der Waals surface area contributed by atoms with E-state index in [1.54, 1.807) is 24.3 Å². The summed E-state index contributed by atoms with van der Waals surface area (Å²) in [5.74, 6) is -0.244. The summed E-state index contributed by atoms with van der Waals surface area (Å²) in [6.07, 6.45) is -4.06. The normalized spacial score (nSPS) is 22.4. The zero-order valence-electron chi connectivity index (χ0n) is 12.7. The fourth-order valence-electron chi connectivity index (χ4n) is 2.97. The van der Waals surface area contributed by atoms with Crippen molar-refractivity contribution in [2.24, 2.45) is 0 Å². The molecule has 124 valence electrons. The van der Waals surface area contributed by atoms with Crippen molar-refractivity contribution >= 4 is 5.91 Å². The Bertz CT molecular complexity index is 609. The van der Waals surface area contributed by atoms with Crippen LogP contribution in [-0.4, -0.2) is 35.6 Å². The van der Waals surface area contributed by atoms with E-state index < -0.39 is 12.2 Å². The van der Waals surface area contributed by atoms with E-state index in [9.17, 15) is 18.0 Å². The van der Waals surface area contributed by atoms with Crippen LogP contribution in [0.15, 0.2) is 24.3 Å². The quantitative estimate of drug-likeness (QED) is 0.929. The largest absolute Gasteiger partial charge is 0.404 e.